The maximum absolute atomic E-state index is 13.1. The molecule has 30 heavy (non-hydrogen) atoms. The average Bonchev–Trinajstić information content (AvgIpc) is 3.19. The lowest BCUT2D eigenvalue weighted by Crippen LogP contribution is -2.02. The van der Waals surface area contributed by atoms with E-state index < -0.39 is 0 Å². The third kappa shape index (κ3) is 3.18. The number of H-pyrrole nitrogens is 1. The fourth-order valence-electron chi connectivity index (χ4n) is 3.40. The molecule has 5 aromatic rings. The number of aromatic nitrogens is 3. The molecule has 0 aliphatic carbocycles. The lowest BCUT2D eigenvalue weighted by molar-refractivity contribution is 0.104. The maximum Gasteiger partial charge on any atom is 0.196 e. The highest BCUT2D eigenvalue weighted by molar-refractivity contribution is 6.38. The van der Waals surface area contributed by atoms with Crippen molar-refractivity contribution in [2.45, 2.75) is 0 Å². The Hall–Kier alpha value is -3.41. The molecule has 1 N–H and O–H groups in total. The van der Waals surface area contributed by atoms with Gasteiger partial charge in [-0.05, 0) is 23.6 Å². The number of nitrogens with zero attached hydrogens (tertiary/aromatic N) is 2. The number of ketones is 1. The van der Waals surface area contributed by atoms with E-state index in [2.05, 4.69) is 15.0 Å². The second-order valence-corrected chi connectivity index (χ2v) is 7.41. The van der Waals surface area contributed by atoms with E-state index in [0.717, 1.165) is 10.8 Å². The summed E-state index contributed by atoms with van der Waals surface area (Å²) in [6.45, 7) is 0. The number of fused-ring (bicyclic) bond motifs is 2. The van der Waals surface area contributed by atoms with E-state index in [4.69, 9.17) is 27.9 Å². The lowest BCUT2D eigenvalue weighted by Gasteiger charge is -2.11. The molecular formula is C23H13Cl2N3O2. The number of halogens is 2. The summed E-state index contributed by atoms with van der Waals surface area (Å²) in [5.41, 5.74) is 1.19. The van der Waals surface area contributed by atoms with Crippen LogP contribution in [0, 0.1) is 0 Å². The van der Waals surface area contributed by atoms with E-state index in [1.807, 2.05) is 42.5 Å². The van der Waals surface area contributed by atoms with Gasteiger partial charge in [-0.1, -0.05) is 59.6 Å². The van der Waals surface area contributed by atoms with Crippen LogP contribution in [0.2, 0.25) is 10.2 Å². The van der Waals surface area contributed by atoms with Crippen molar-refractivity contribution in [3.8, 4) is 11.5 Å². The van der Waals surface area contributed by atoms with Gasteiger partial charge in [-0.2, -0.15) is 0 Å². The van der Waals surface area contributed by atoms with Crippen LogP contribution in [0.1, 0.15) is 15.9 Å². The molecule has 0 bridgehead atoms. The molecule has 0 fully saturated rings. The third-order valence-corrected chi connectivity index (χ3v) is 5.43. The van der Waals surface area contributed by atoms with Gasteiger partial charge in [-0.25, -0.2) is 9.97 Å². The molecule has 0 saturated carbocycles. The largest absolute Gasteiger partial charge is 0.457 e. The summed E-state index contributed by atoms with van der Waals surface area (Å²) in [4.78, 5) is 24.1. The summed E-state index contributed by atoms with van der Waals surface area (Å²) >= 11 is 12.6. The summed E-state index contributed by atoms with van der Waals surface area (Å²) in [7, 11) is 0. The van der Waals surface area contributed by atoms with E-state index in [9.17, 15) is 4.79 Å². The van der Waals surface area contributed by atoms with Gasteiger partial charge in [0.1, 0.15) is 28.6 Å². The monoisotopic (exact) mass is 433 g/mol. The number of carbonyl (C=O) groups is 1. The fourth-order valence-corrected chi connectivity index (χ4v) is 3.90. The summed E-state index contributed by atoms with van der Waals surface area (Å²) in [5.74, 6) is 0.969. The Morgan fingerprint density at radius 3 is 2.63 bits per heavy atom. The molecule has 0 atom stereocenters. The standard InChI is InChI=1S/C23H13Cl2N3O2/c24-18-10-14(30-19-7-3-5-13-4-1-2-6-15(13)19)8-9-16(18)21(29)17-11-26-23-20(17)22(25)27-12-28-23/h1-12H,(H,26,27,28). The van der Waals surface area contributed by atoms with Crippen molar-refractivity contribution in [3.05, 3.63) is 94.5 Å². The second kappa shape index (κ2) is 7.44. The minimum Gasteiger partial charge on any atom is -0.457 e. The van der Waals surface area contributed by atoms with Gasteiger partial charge in [0, 0.05) is 23.2 Å². The Balaban J connectivity index is 1.49. The highest BCUT2D eigenvalue weighted by Gasteiger charge is 2.20. The number of hydrogen-bond acceptors (Lipinski definition) is 4. The molecule has 2 aromatic heterocycles. The van der Waals surface area contributed by atoms with Gasteiger partial charge >= 0.3 is 0 Å². The molecule has 0 aliphatic rings. The first-order valence-corrected chi connectivity index (χ1v) is 9.85. The van der Waals surface area contributed by atoms with Gasteiger partial charge in [0.05, 0.1) is 16.0 Å². The highest BCUT2D eigenvalue weighted by atomic mass is 35.5. The first-order valence-electron chi connectivity index (χ1n) is 9.09. The van der Waals surface area contributed by atoms with Crippen molar-refractivity contribution in [2.24, 2.45) is 0 Å². The van der Waals surface area contributed by atoms with E-state index >= 15 is 0 Å². The van der Waals surface area contributed by atoms with E-state index in [-0.39, 0.29) is 16.0 Å². The molecule has 146 valence electrons. The normalized spacial score (nSPS) is 11.1. The van der Waals surface area contributed by atoms with Gasteiger partial charge in [-0.15, -0.1) is 0 Å². The van der Waals surface area contributed by atoms with Crippen LogP contribution in [-0.4, -0.2) is 20.7 Å². The number of ether oxygens (including phenoxy) is 1. The molecule has 7 heteroatoms. The predicted octanol–water partition coefficient (Wildman–Crippen LogP) is 6.44. The van der Waals surface area contributed by atoms with E-state index in [1.54, 1.807) is 24.4 Å². The minimum atomic E-state index is -0.278. The van der Waals surface area contributed by atoms with Crippen LogP contribution in [0.25, 0.3) is 21.8 Å². The summed E-state index contributed by atoms with van der Waals surface area (Å²) in [6, 6.07) is 18.8. The van der Waals surface area contributed by atoms with Crippen molar-refractivity contribution in [3.63, 3.8) is 0 Å². The van der Waals surface area contributed by atoms with Crippen molar-refractivity contribution in [2.75, 3.05) is 0 Å². The van der Waals surface area contributed by atoms with Gasteiger partial charge in [-0.3, -0.25) is 4.79 Å². The zero-order valence-corrected chi connectivity index (χ0v) is 16.9. The zero-order valence-electron chi connectivity index (χ0n) is 15.4. The topological polar surface area (TPSA) is 67.9 Å². The number of rotatable bonds is 4. The first-order chi connectivity index (χ1) is 14.6. The van der Waals surface area contributed by atoms with Gasteiger partial charge in [0.25, 0.3) is 0 Å². The van der Waals surface area contributed by atoms with Crippen LogP contribution in [0.4, 0.5) is 0 Å². The fraction of sp³-hybridized carbons (Fsp3) is 0. The Labute approximate surface area is 181 Å². The maximum atomic E-state index is 13.1. The molecule has 2 heterocycles. The van der Waals surface area contributed by atoms with Crippen LogP contribution in [0.3, 0.4) is 0 Å². The highest BCUT2D eigenvalue weighted by Crippen LogP contribution is 2.33. The van der Waals surface area contributed by atoms with Gasteiger partial charge < -0.3 is 9.72 Å². The quantitative estimate of drug-likeness (QED) is 0.261. The first kappa shape index (κ1) is 18.6. The SMILES string of the molecule is O=C(c1ccc(Oc2cccc3ccccc23)cc1Cl)c1c[nH]c2ncnc(Cl)c12. The zero-order chi connectivity index (χ0) is 20.7. The molecular weight excluding hydrogens is 421 g/mol. The molecule has 0 aliphatic heterocycles. The summed E-state index contributed by atoms with van der Waals surface area (Å²) < 4.78 is 6.04. The van der Waals surface area contributed by atoms with Crippen LogP contribution in [0.5, 0.6) is 11.5 Å². The number of carbonyl (C=O) groups excluding carboxylic acids is 1. The molecule has 5 rings (SSSR count). The van der Waals surface area contributed by atoms with Crippen molar-refractivity contribution >= 4 is 50.8 Å². The number of hydrogen-bond donors (Lipinski definition) is 1. The predicted molar refractivity (Wildman–Crippen MR) is 118 cm³/mol. The molecule has 0 amide bonds. The number of aromatic amines is 1. The lowest BCUT2D eigenvalue weighted by atomic mass is 10.0. The van der Waals surface area contributed by atoms with E-state index in [0.29, 0.717) is 33.7 Å². The average molecular weight is 434 g/mol. The van der Waals surface area contributed by atoms with Crippen LogP contribution < -0.4 is 4.74 Å². The molecule has 0 unspecified atom stereocenters. The van der Waals surface area contributed by atoms with Gasteiger partial charge in [0.15, 0.2) is 5.78 Å². The molecule has 5 nitrogen and oxygen atoms in total. The number of nitrogens with one attached hydrogen (secondary N) is 1. The van der Waals surface area contributed by atoms with E-state index in [1.165, 1.54) is 6.33 Å². The smallest absolute Gasteiger partial charge is 0.196 e. The van der Waals surface area contributed by atoms with Crippen LogP contribution >= 0.6 is 23.2 Å². The molecule has 0 radical (unpaired) electrons. The summed E-state index contributed by atoms with van der Waals surface area (Å²) in [5, 5.41) is 3.02. The molecule has 0 spiro atoms. The third-order valence-electron chi connectivity index (χ3n) is 4.83. The minimum absolute atomic E-state index is 0.205. The van der Waals surface area contributed by atoms with Crippen molar-refractivity contribution in [1.82, 2.24) is 15.0 Å². The summed E-state index contributed by atoms with van der Waals surface area (Å²) in [6.07, 6.45) is 2.90. The second-order valence-electron chi connectivity index (χ2n) is 6.64. The van der Waals surface area contributed by atoms with Gasteiger partial charge in [0.2, 0.25) is 0 Å². The van der Waals surface area contributed by atoms with Crippen molar-refractivity contribution in [1.29, 1.82) is 0 Å². The Bertz CT molecular complexity index is 1420. The Morgan fingerprint density at radius 2 is 1.77 bits per heavy atom. The van der Waals surface area contributed by atoms with Crippen LogP contribution in [-0.2, 0) is 0 Å². The Morgan fingerprint density at radius 1 is 0.933 bits per heavy atom. The molecule has 3 aromatic carbocycles. The Kier molecular flexibility index (Phi) is 4.62. The van der Waals surface area contributed by atoms with Crippen molar-refractivity contribution < 1.29 is 9.53 Å². The number of benzene rings is 3. The van der Waals surface area contributed by atoms with Crippen LogP contribution in [0.15, 0.2) is 73.2 Å². The molecule has 0 saturated heterocycles.